The number of aliphatic hydroxyl groups excluding tert-OH is 1. The lowest BCUT2D eigenvalue weighted by atomic mass is 10.2. The second kappa shape index (κ2) is 4.17. The van der Waals surface area contributed by atoms with Crippen molar-refractivity contribution in [2.45, 2.75) is 13.0 Å². The molecule has 1 rings (SSSR count). The summed E-state index contributed by atoms with van der Waals surface area (Å²) < 4.78 is 24.6. The Bertz CT molecular complexity index is 320. The summed E-state index contributed by atoms with van der Waals surface area (Å²) in [5.41, 5.74) is -0.652. The zero-order valence-electron chi connectivity index (χ0n) is 6.27. The molecule has 13 heavy (non-hydrogen) atoms. The first kappa shape index (κ1) is 10.6. The van der Waals surface area contributed by atoms with Crippen LogP contribution >= 0.6 is 23.2 Å². The molecule has 1 aromatic heterocycles. The van der Waals surface area contributed by atoms with E-state index >= 15 is 0 Å². The SMILES string of the molecule is OCc1c(Cl)cc(Cl)nc1C(F)F. The molecule has 0 aliphatic heterocycles. The fourth-order valence-corrected chi connectivity index (χ4v) is 1.38. The lowest BCUT2D eigenvalue weighted by molar-refractivity contribution is 0.141. The van der Waals surface area contributed by atoms with Gasteiger partial charge in [-0.2, -0.15) is 0 Å². The van der Waals surface area contributed by atoms with Crippen molar-refractivity contribution in [1.29, 1.82) is 0 Å². The summed E-state index contributed by atoms with van der Waals surface area (Å²) in [4.78, 5) is 3.38. The van der Waals surface area contributed by atoms with E-state index < -0.39 is 18.7 Å². The minimum absolute atomic E-state index is 0.00204. The van der Waals surface area contributed by atoms with E-state index in [-0.39, 0.29) is 15.7 Å². The maximum Gasteiger partial charge on any atom is 0.280 e. The number of aromatic nitrogens is 1. The van der Waals surface area contributed by atoms with Gasteiger partial charge in [-0.25, -0.2) is 13.8 Å². The predicted octanol–water partition coefficient (Wildman–Crippen LogP) is 2.82. The van der Waals surface area contributed by atoms with E-state index in [2.05, 4.69) is 4.98 Å². The molecule has 2 nitrogen and oxygen atoms in total. The van der Waals surface area contributed by atoms with Gasteiger partial charge in [-0.15, -0.1) is 0 Å². The van der Waals surface area contributed by atoms with Crippen LogP contribution in [0.25, 0.3) is 0 Å². The van der Waals surface area contributed by atoms with Crippen molar-refractivity contribution in [1.82, 2.24) is 4.98 Å². The maximum absolute atomic E-state index is 12.3. The summed E-state index contributed by atoms with van der Waals surface area (Å²) >= 11 is 11.0. The molecular weight excluding hydrogens is 223 g/mol. The fraction of sp³-hybridized carbons (Fsp3) is 0.286. The summed E-state index contributed by atoms with van der Waals surface area (Å²) in [6, 6.07) is 1.21. The third-order valence-corrected chi connectivity index (χ3v) is 1.97. The van der Waals surface area contributed by atoms with Crippen molar-refractivity contribution in [2.24, 2.45) is 0 Å². The Labute approximate surface area is 83.1 Å². The summed E-state index contributed by atoms with van der Waals surface area (Å²) in [5.74, 6) is 0. The van der Waals surface area contributed by atoms with Gasteiger partial charge in [0.2, 0.25) is 0 Å². The highest BCUT2D eigenvalue weighted by Gasteiger charge is 2.17. The molecule has 0 aliphatic rings. The molecule has 0 saturated heterocycles. The normalized spacial score (nSPS) is 10.9. The molecule has 1 N–H and O–H groups in total. The summed E-state index contributed by atoms with van der Waals surface area (Å²) in [5, 5.41) is 8.62. The number of halogens is 4. The molecule has 0 spiro atoms. The summed E-state index contributed by atoms with van der Waals surface area (Å²) in [7, 11) is 0. The van der Waals surface area contributed by atoms with Gasteiger partial charge < -0.3 is 5.11 Å². The van der Waals surface area contributed by atoms with E-state index in [4.69, 9.17) is 28.3 Å². The van der Waals surface area contributed by atoms with Crippen LogP contribution in [0, 0.1) is 0 Å². The van der Waals surface area contributed by atoms with Gasteiger partial charge in [0.15, 0.2) is 0 Å². The molecule has 0 aliphatic carbocycles. The molecule has 6 heteroatoms. The van der Waals surface area contributed by atoms with E-state index in [1.54, 1.807) is 0 Å². The van der Waals surface area contributed by atoms with Crippen molar-refractivity contribution in [3.05, 3.63) is 27.5 Å². The molecule has 0 bridgehead atoms. The van der Waals surface area contributed by atoms with Gasteiger partial charge in [0, 0.05) is 5.56 Å². The topological polar surface area (TPSA) is 33.1 Å². The van der Waals surface area contributed by atoms with Gasteiger partial charge in [-0.05, 0) is 6.07 Å². The Balaban J connectivity index is 3.29. The third kappa shape index (κ3) is 2.27. The van der Waals surface area contributed by atoms with Crippen LogP contribution in [0.4, 0.5) is 8.78 Å². The van der Waals surface area contributed by atoms with E-state index in [0.717, 1.165) is 0 Å². The van der Waals surface area contributed by atoms with Crippen LogP contribution in [0.2, 0.25) is 10.2 Å². The highest BCUT2D eigenvalue weighted by molar-refractivity contribution is 6.34. The first-order valence-electron chi connectivity index (χ1n) is 3.30. The van der Waals surface area contributed by atoms with E-state index in [1.807, 2.05) is 0 Å². The number of aliphatic hydroxyl groups is 1. The Kier molecular flexibility index (Phi) is 3.41. The van der Waals surface area contributed by atoms with Crippen molar-refractivity contribution >= 4 is 23.2 Å². The molecule has 0 aromatic carbocycles. The Hall–Kier alpha value is -0.450. The average Bonchev–Trinajstić information content (AvgIpc) is 2.02. The number of hydrogen-bond donors (Lipinski definition) is 1. The van der Waals surface area contributed by atoms with Crippen molar-refractivity contribution < 1.29 is 13.9 Å². The van der Waals surface area contributed by atoms with Gasteiger partial charge in [-0.3, -0.25) is 0 Å². The highest BCUT2D eigenvalue weighted by Crippen LogP contribution is 2.28. The zero-order valence-corrected chi connectivity index (χ0v) is 7.78. The van der Waals surface area contributed by atoms with Crippen molar-refractivity contribution in [3.63, 3.8) is 0 Å². The van der Waals surface area contributed by atoms with Gasteiger partial charge in [0.05, 0.1) is 11.6 Å². The molecule has 0 saturated carbocycles. The maximum atomic E-state index is 12.3. The van der Waals surface area contributed by atoms with Crippen LogP contribution in [-0.4, -0.2) is 10.1 Å². The van der Waals surface area contributed by atoms with Crippen LogP contribution in [0.3, 0.4) is 0 Å². The van der Waals surface area contributed by atoms with Gasteiger partial charge >= 0.3 is 0 Å². The fourth-order valence-electron chi connectivity index (χ4n) is 0.866. The van der Waals surface area contributed by atoms with Crippen LogP contribution in [0.5, 0.6) is 0 Å². The highest BCUT2D eigenvalue weighted by atomic mass is 35.5. The molecule has 0 unspecified atom stereocenters. The first-order chi connectivity index (χ1) is 6.06. The second-order valence-electron chi connectivity index (χ2n) is 2.25. The molecule has 1 heterocycles. The first-order valence-corrected chi connectivity index (χ1v) is 4.05. The Morgan fingerprint density at radius 2 is 2.08 bits per heavy atom. The Morgan fingerprint density at radius 1 is 1.46 bits per heavy atom. The molecule has 0 amide bonds. The lowest BCUT2D eigenvalue weighted by Crippen LogP contribution is -1.99. The minimum Gasteiger partial charge on any atom is -0.392 e. The van der Waals surface area contributed by atoms with Crippen LogP contribution in [0.1, 0.15) is 17.7 Å². The number of rotatable bonds is 2. The molecule has 0 fully saturated rings. The quantitative estimate of drug-likeness (QED) is 0.789. The van der Waals surface area contributed by atoms with E-state index in [9.17, 15) is 8.78 Å². The molecule has 0 radical (unpaired) electrons. The van der Waals surface area contributed by atoms with Crippen LogP contribution in [-0.2, 0) is 6.61 Å². The number of pyridine rings is 1. The van der Waals surface area contributed by atoms with Gasteiger partial charge in [0.1, 0.15) is 10.8 Å². The van der Waals surface area contributed by atoms with Gasteiger partial charge in [0.25, 0.3) is 6.43 Å². The largest absolute Gasteiger partial charge is 0.392 e. The second-order valence-corrected chi connectivity index (χ2v) is 3.04. The predicted molar refractivity (Wildman–Crippen MR) is 45.1 cm³/mol. The summed E-state index contributed by atoms with van der Waals surface area (Å²) in [6.07, 6.45) is -2.79. The summed E-state index contributed by atoms with van der Waals surface area (Å²) in [6.45, 7) is -0.581. The zero-order chi connectivity index (χ0) is 10.0. The van der Waals surface area contributed by atoms with E-state index in [1.165, 1.54) is 6.07 Å². The van der Waals surface area contributed by atoms with Crippen LogP contribution < -0.4 is 0 Å². The standard InChI is InChI=1S/C7H5Cl2F2NO/c8-4-1-5(9)12-6(7(10)11)3(4)2-13/h1,7,13H,2H2. The number of nitrogens with zero attached hydrogens (tertiary/aromatic N) is 1. The monoisotopic (exact) mass is 227 g/mol. The van der Waals surface area contributed by atoms with Crippen LogP contribution in [0.15, 0.2) is 6.07 Å². The molecule has 0 atom stereocenters. The van der Waals surface area contributed by atoms with Crippen molar-refractivity contribution in [3.8, 4) is 0 Å². The smallest absolute Gasteiger partial charge is 0.280 e. The van der Waals surface area contributed by atoms with Crippen molar-refractivity contribution in [2.75, 3.05) is 0 Å². The minimum atomic E-state index is -2.79. The molecule has 72 valence electrons. The van der Waals surface area contributed by atoms with Gasteiger partial charge in [-0.1, -0.05) is 23.2 Å². The Morgan fingerprint density at radius 3 is 2.54 bits per heavy atom. The molecular formula is C7H5Cl2F2NO. The van der Waals surface area contributed by atoms with E-state index in [0.29, 0.717) is 0 Å². The number of alkyl halides is 2. The average molecular weight is 228 g/mol. The third-order valence-electron chi connectivity index (χ3n) is 1.44. The number of hydrogen-bond acceptors (Lipinski definition) is 2. The molecule has 1 aromatic rings. The lowest BCUT2D eigenvalue weighted by Gasteiger charge is -2.07.